The molecule has 1 aliphatic rings. The van der Waals surface area contributed by atoms with Gasteiger partial charge in [0.1, 0.15) is 0 Å². The topological polar surface area (TPSA) is 0 Å². The maximum Gasteiger partial charge on any atom is 0.0278 e. The second-order valence-corrected chi connectivity index (χ2v) is 2.35. The maximum atomic E-state index is 7.51. The van der Waals surface area contributed by atoms with Crippen LogP contribution in [0.5, 0.6) is 0 Å². The van der Waals surface area contributed by atoms with Crippen LogP contribution < -0.4 is 0 Å². The lowest BCUT2D eigenvalue weighted by Crippen LogP contribution is -2.02. The quantitative estimate of drug-likeness (QED) is 0.491. The van der Waals surface area contributed by atoms with E-state index in [-0.39, 0.29) is 0 Å². The van der Waals surface area contributed by atoms with E-state index in [2.05, 4.69) is 15.9 Å². The van der Waals surface area contributed by atoms with Gasteiger partial charge in [0, 0.05) is 15.8 Å². The minimum absolute atomic E-state index is 0.396. The van der Waals surface area contributed by atoms with Crippen LogP contribution >= 0.6 is 15.9 Å². The maximum absolute atomic E-state index is 7.51. The molecule has 1 fully saturated rings. The van der Waals surface area contributed by atoms with Crippen LogP contribution in [0.15, 0.2) is 0 Å². The Balaban J connectivity index is 3.30. The Morgan fingerprint density at radius 2 is 2.29 bits per heavy atom. The van der Waals surface area contributed by atoms with Crippen molar-refractivity contribution >= 4 is 15.9 Å². The molecule has 0 radical (unpaired) electrons. The smallest absolute Gasteiger partial charge is 0.0278 e. The average Bonchev–Trinajstić information content (AvgIpc) is 2.00. The highest BCUT2D eigenvalue weighted by molar-refractivity contribution is 9.09. The lowest BCUT2D eigenvalue weighted by atomic mass is 10.0. The van der Waals surface area contributed by atoms with Gasteiger partial charge in [0.05, 0.1) is 0 Å². The third-order valence-corrected chi connectivity index (χ3v) is 1.21. The van der Waals surface area contributed by atoms with Crippen molar-refractivity contribution < 1.29 is 11.0 Å². The van der Waals surface area contributed by atoms with E-state index in [1.165, 1.54) is 0 Å². The number of halogens is 1. The highest BCUT2D eigenvalue weighted by atomic mass is 79.9. The predicted molar refractivity (Wildman–Crippen MR) is 35.8 cm³/mol. The van der Waals surface area contributed by atoms with Gasteiger partial charge in [-0.3, -0.25) is 0 Å². The molecule has 7 heavy (non-hydrogen) atoms. The molecular weight excluding hydrogens is 152 g/mol. The van der Waals surface area contributed by atoms with E-state index >= 15 is 0 Å². The molecule has 0 aliphatic heterocycles. The van der Waals surface area contributed by atoms with E-state index in [1.54, 1.807) is 0 Å². The second kappa shape index (κ2) is 2.71. The van der Waals surface area contributed by atoms with Crippen molar-refractivity contribution in [3.8, 4) is 0 Å². The predicted octanol–water partition coefficient (Wildman–Crippen LogP) is 2.71. The molecule has 0 aromatic heterocycles. The summed E-state index contributed by atoms with van der Waals surface area (Å²) in [4.78, 5) is -1.04. The number of alkyl halides is 1. The van der Waals surface area contributed by atoms with Gasteiger partial charge in [-0.05, 0) is 12.8 Å². The molecule has 42 valence electrons. The van der Waals surface area contributed by atoms with Crippen molar-refractivity contribution in [2.45, 2.75) is 36.7 Å². The molecule has 1 unspecified atom stereocenters. The van der Waals surface area contributed by atoms with Gasteiger partial charge in [0.15, 0.2) is 0 Å². The summed E-state index contributed by atoms with van der Waals surface area (Å²) in [6, 6.07) is 0. The average molecular weight is 171 g/mol. The van der Waals surface area contributed by atoms with Gasteiger partial charge < -0.3 is 0 Å². The lowest BCUT2D eigenvalue weighted by molar-refractivity contribution is 0.521. The summed E-state index contributed by atoms with van der Waals surface area (Å²) in [6.07, 6.45) is -11.0. The first kappa shape index (κ1) is 1.31. The first-order valence-corrected chi connectivity index (χ1v) is 2.93. The van der Waals surface area contributed by atoms with Gasteiger partial charge >= 0.3 is 0 Å². The summed E-state index contributed by atoms with van der Waals surface area (Å²) in [5.74, 6) is 0. The van der Waals surface area contributed by atoms with E-state index in [9.17, 15) is 0 Å². The molecule has 1 aliphatic carbocycles. The summed E-state index contributed by atoms with van der Waals surface area (Å²) >= 11 is 2.89. The zero-order chi connectivity index (χ0) is 12.3. The zero-order valence-electron chi connectivity index (χ0n) is 11.7. The summed E-state index contributed by atoms with van der Waals surface area (Å²) in [6.45, 7) is 0. The van der Waals surface area contributed by atoms with Gasteiger partial charge in [-0.15, -0.1) is 0 Å². The van der Waals surface area contributed by atoms with E-state index in [4.69, 9.17) is 11.0 Å². The molecule has 0 saturated heterocycles. The molecule has 0 aromatic carbocycles. The van der Waals surface area contributed by atoms with Crippen LogP contribution in [0.1, 0.15) is 42.9 Å². The standard InChI is InChI=1S/C6H11Br/c7-6-4-2-1-3-5-6/h6H,1-5H2/i1D2,2D2,3D2,4D2. The third-order valence-electron chi connectivity index (χ3n) is 0.661. The third kappa shape index (κ3) is 1.81. The van der Waals surface area contributed by atoms with Crippen LogP contribution in [0.2, 0.25) is 0 Å². The minimum atomic E-state index is -2.88. The molecule has 1 heteroatoms. The van der Waals surface area contributed by atoms with Gasteiger partial charge in [-0.25, -0.2) is 0 Å². The molecule has 1 saturated carbocycles. The Labute approximate surface area is 64.7 Å². The highest BCUT2D eigenvalue weighted by Gasteiger charge is 2.07. The molecule has 1 rings (SSSR count). The molecular formula is C6H11Br. The van der Waals surface area contributed by atoms with Crippen molar-refractivity contribution in [1.29, 1.82) is 0 Å². The van der Waals surface area contributed by atoms with E-state index in [0.717, 1.165) is 0 Å². The van der Waals surface area contributed by atoms with Crippen LogP contribution in [-0.2, 0) is 0 Å². The first-order chi connectivity index (χ1) is 6.38. The molecule has 0 bridgehead atoms. The van der Waals surface area contributed by atoms with Crippen LogP contribution in [0.4, 0.5) is 0 Å². The van der Waals surface area contributed by atoms with E-state index < -0.39 is 36.7 Å². The Bertz CT molecular complexity index is 272. The number of rotatable bonds is 0. The van der Waals surface area contributed by atoms with Crippen molar-refractivity contribution in [2.75, 3.05) is 0 Å². The zero-order valence-corrected chi connectivity index (χ0v) is 5.25. The van der Waals surface area contributed by atoms with Crippen molar-refractivity contribution in [1.82, 2.24) is 0 Å². The van der Waals surface area contributed by atoms with Gasteiger partial charge in [-0.2, -0.15) is 0 Å². The van der Waals surface area contributed by atoms with Crippen molar-refractivity contribution in [3.05, 3.63) is 0 Å². The van der Waals surface area contributed by atoms with Crippen molar-refractivity contribution in [2.24, 2.45) is 0 Å². The fourth-order valence-corrected chi connectivity index (χ4v) is 0.627. The van der Waals surface area contributed by atoms with Gasteiger partial charge in [0.2, 0.25) is 0 Å². The minimum Gasteiger partial charge on any atom is -0.0891 e. The molecule has 0 amide bonds. The second-order valence-electron chi connectivity index (χ2n) is 1.24. The summed E-state index contributed by atoms with van der Waals surface area (Å²) in [5.41, 5.74) is 0. The Morgan fingerprint density at radius 1 is 1.43 bits per heavy atom. The number of hydrogen-bond acceptors (Lipinski definition) is 0. The van der Waals surface area contributed by atoms with Gasteiger partial charge in [-0.1, -0.05) is 35.0 Å². The normalized spacial score (nSPS) is 78.7. The molecule has 0 nitrogen and oxygen atoms in total. The van der Waals surface area contributed by atoms with Crippen LogP contribution in [0.3, 0.4) is 0 Å². The largest absolute Gasteiger partial charge is 0.0891 e. The van der Waals surface area contributed by atoms with Crippen LogP contribution in [0.25, 0.3) is 0 Å². The number of hydrogen-bond donors (Lipinski definition) is 0. The molecule has 0 heterocycles. The van der Waals surface area contributed by atoms with E-state index in [0.29, 0.717) is 0 Å². The summed E-state index contributed by atoms with van der Waals surface area (Å²) < 4.78 is 59.7. The molecule has 1 atom stereocenters. The lowest BCUT2D eigenvalue weighted by Gasteiger charge is -2.13. The fourth-order valence-electron chi connectivity index (χ4n) is 0.350. The summed E-state index contributed by atoms with van der Waals surface area (Å²) in [7, 11) is 0. The molecule has 0 spiro atoms. The van der Waals surface area contributed by atoms with E-state index in [1.807, 2.05) is 0 Å². The van der Waals surface area contributed by atoms with Crippen LogP contribution in [0, 0.1) is 0 Å². The monoisotopic (exact) mass is 170 g/mol. The molecule has 0 N–H and O–H groups in total. The first-order valence-electron chi connectivity index (χ1n) is 6.02. The van der Waals surface area contributed by atoms with Crippen molar-refractivity contribution in [3.63, 3.8) is 0 Å². The SMILES string of the molecule is [2H]C1([2H])CC(Br)C([2H])([2H])C([2H])([2H])C1([2H])[2H]. The summed E-state index contributed by atoms with van der Waals surface area (Å²) in [5, 5.41) is 0. The van der Waals surface area contributed by atoms with Gasteiger partial charge in [0.25, 0.3) is 0 Å². The Hall–Kier alpha value is 0.480. The fraction of sp³-hybridized carbons (Fsp3) is 1.00. The Morgan fingerprint density at radius 3 is 3.14 bits per heavy atom. The molecule has 0 aromatic rings. The Kier molecular flexibility index (Phi) is 0.507. The van der Waals surface area contributed by atoms with Crippen LogP contribution in [-0.4, -0.2) is 4.83 Å². The highest BCUT2D eigenvalue weighted by Crippen LogP contribution is 2.22.